The number of carbonyl (C=O) groups is 1. The van der Waals surface area contributed by atoms with Gasteiger partial charge in [0.15, 0.2) is 0 Å². The van der Waals surface area contributed by atoms with Crippen LogP contribution in [0.15, 0.2) is 0 Å². The number of likely N-dealkylation sites (tertiary alicyclic amines) is 1. The molecule has 2 fully saturated rings. The van der Waals surface area contributed by atoms with Crippen LogP contribution in [0, 0.1) is 11.8 Å². The van der Waals surface area contributed by atoms with Gasteiger partial charge in [-0.1, -0.05) is 6.92 Å². The number of amides is 1. The zero-order valence-electron chi connectivity index (χ0n) is 8.00. The van der Waals surface area contributed by atoms with E-state index in [1.807, 2.05) is 4.90 Å². The highest BCUT2D eigenvalue weighted by atomic mass is 35.5. The number of carbonyl (C=O) groups excluding carboxylic acids is 1. The Morgan fingerprint density at radius 1 is 1.38 bits per heavy atom. The van der Waals surface area contributed by atoms with Crippen LogP contribution < -0.4 is 0 Å². The summed E-state index contributed by atoms with van der Waals surface area (Å²) in [5, 5.41) is 0.292. The number of nitrogens with zero attached hydrogens (tertiary/aromatic N) is 1. The Hall–Kier alpha value is -0.240. The average Bonchev–Trinajstić information content (AvgIpc) is 2.83. The Morgan fingerprint density at radius 2 is 1.92 bits per heavy atom. The molecule has 2 atom stereocenters. The Labute approximate surface area is 84.2 Å². The highest BCUT2D eigenvalue weighted by Gasteiger charge is 2.41. The molecule has 0 N–H and O–H groups in total. The second-order valence-corrected chi connectivity index (χ2v) is 4.94. The molecule has 1 aliphatic heterocycles. The minimum absolute atomic E-state index is 0.292. The molecule has 2 rings (SSSR count). The fraction of sp³-hybridized carbons (Fsp3) is 0.900. The third-order valence-corrected chi connectivity index (χ3v) is 3.60. The van der Waals surface area contributed by atoms with Crippen LogP contribution in [0.3, 0.4) is 0 Å². The molecule has 0 aromatic rings. The van der Waals surface area contributed by atoms with Gasteiger partial charge in [0.2, 0.25) is 5.91 Å². The Balaban J connectivity index is 1.84. The quantitative estimate of drug-likeness (QED) is 0.594. The number of hydrogen-bond donors (Lipinski definition) is 0. The summed E-state index contributed by atoms with van der Waals surface area (Å²) < 4.78 is 0. The van der Waals surface area contributed by atoms with Crippen molar-refractivity contribution in [2.45, 2.75) is 31.6 Å². The topological polar surface area (TPSA) is 20.3 Å². The van der Waals surface area contributed by atoms with Gasteiger partial charge in [0, 0.05) is 24.4 Å². The lowest BCUT2D eigenvalue weighted by Crippen LogP contribution is -2.39. The van der Waals surface area contributed by atoms with Crippen LogP contribution in [0.5, 0.6) is 0 Å². The molecule has 1 aliphatic carbocycles. The van der Waals surface area contributed by atoms with Gasteiger partial charge < -0.3 is 4.90 Å². The molecule has 0 aromatic heterocycles. The van der Waals surface area contributed by atoms with Crippen molar-refractivity contribution in [3.05, 3.63) is 0 Å². The maximum atomic E-state index is 11.8. The van der Waals surface area contributed by atoms with E-state index < -0.39 is 0 Å². The van der Waals surface area contributed by atoms with E-state index in [1.54, 1.807) is 0 Å². The summed E-state index contributed by atoms with van der Waals surface area (Å²) in [5.74, 6) is 1.34. The van der Waals surface area contributed by atoms with Crippen molar-refractivity contribution in [2.24, 2.45) is 11.8 Å². The minimum Gasteiger partial charge on any atom is -0.342 e. The van der Waals surface area contributed by atoms with Crippen LogP contribution in [-0.2, 0) is 4.79 Å². The molecule has 0 radical (unpaired) electrons. The van der Waals surface area contributed by atoms with E-state index in [9.17, 15) is 4.79 Å². The van der Waals surface area contributed by atoms with Crippen molar-refractivity contribution in [1.29, 1.82) is 0 Å². The van der Waals surface area contributed by atoms with E-state index >= 15 is 0 Å². The van der Waals surface area contributed by atoms with Gasteiger partial charge in [-0.2, -0.15) is 0 Å². The molecule has 2 nitrogen and oxygen atoms in total. The lowest BCUT2D eigenvalue weighted by atomic mass is 10.1. The van der Waals surface area contributed by atoms with Crippen LogP contribution >= 0.6 is 11.6 Å². The van der Waals surface area contributed by atoms with Crippen molar-refractivity contribution in [3.8, 4) is 0 Å². The molecular formula is C10H16ClNO. The predicted octanol–water partition coefficient (Wildman–Crippen LogP) is 1.87. The molecule has 1 saturated carbocycles. The van der Waals surface area contributed by atoms with Gasteiger partial charge in [-0.3, -0.25) is 4.79 Å². The number of piperidine rings is 1. The van der Waals surface area contributed by atoms with Gasteiger partial charge in [0.25, 0.3) is 0 Å². The molecule has 2 aliphatic rings. The molecule has 74 valence electrons. The molecule has 2 unspecified atom stereocenters. The van der Waals surface area contributed by atoms with Crippen LogP contribution in [0.25, 0.3) is 0 Å². The van der Waals surface area contributed by atoms with Crippen molar-refractivity contribution in [3.63, 3.8) is 0 Å². The van der Waals surface area contributed by atoms with E-state index in [-0.39, 0.29) is 0 Å². The number of hydrogen-bond acceptors (Lipinski definition) is 1. The number of rotatable bonds is 1. The van der Waals surface area contributed by atoms with Gasteiger partial charge in [-0.25, -0.2) is 0 Å². The standard InChI is InChI=1S/C10H16ClNO/c1-7-6-9(7)10(13)12-4-2-8(11)3-5-12/h7-9H,2-6H2,1H3. The highest BCUT2D eigenvalue weighted by Crippen LogP contribution is 2.39. The Morgan fingerprint density at radius 3 is 2.38 bits per heavy atom. The van der Waals surface area contributed by atoms with Crippen LogP contribution in [-0.4, -0.2) is 29.3 Å². The first-order valence-electron chi connectivity index (χ1n) is 5.11. The first kappa shape index (κ1) is 9.32. The third-order valence-electron chi connectivity index (χ3n) is 3.16. The van der Waals surface area contributed by atoms with Gasteiger partial charge in [0.1, 0.15) is 0 Å². The second-order valence-electron chi connectivity index (χ2n) is 4.32. The SMILES string of the molecule is CC1CC1C(=O)N1CCC(Cl)CC1. The molecule has 0 bridgehead atoms. The van der Waals surface area contributed by atoms with Crippen molar-refractivity contribution in [2.75, 3.05) is 13.1 Å². The minimum atomic E-state index is 0.292. The zero-order valence-corrected chi connectivity index (χ0v) is 8.76. The summed E-state index contributed by atoms with van der Waals surface area (Å²) >= 11 is 5.97. The third kappa shape index (κ3) is 1.98. The second kappa shape index (κ2) is 3.49. The molecule has 0 spiro atoms. The zero-order chi connectivity index (χ0) is 9.42. The Bertz CT molecular complexity index is 211. The fourth-order valence-electron chi connectivity index (χ4n) is 1.97. The van der Waals surface area contributed by atoms with Gasteiger partial charge in [-0.05, 0) is 25.2 Å². The number of alkyl halides is 1. The van der Waals surface area contributed by atoms with Gasteiger partial charge in [0.05, 0.1) is 0 Å². The summed E-state index contributed by atoms with van der Waals surface area (Å²) in [7, 11) is 0. The first-order chi connectivity index (χ1) is 6.18. The summed E-state index contributed by atoms with van der Waals surface area (Å²) in [6.45, 7) is 3.89. The molecule has 1 saturated heterocycles. The van der Waals surface area contributed by atoms with Crippen LogP contribution in [0.4, 0.5) is 0 Å². The van der Waals surface area contributed by atoms with Crippen molar-refractivity contribution in [1.82, 2.24) is 4.90 Å². The summed E-state index contributed by atoms with van der Waals surface area (Å²) in [6.07, 6.45) is 3.03. The monoisotopic (exact) mass is 201 g/mol. The lowest BCUT2D eigenvalue weighted by Gasteiger charge is -2.29. The fourth-order valence-corrected chi connectivity index (χ4v) is 2.16. The normalized spacial score (nSPS) is 34.8. The summed E-state index contributed by atoms with van der Waals surface area (Å²) in [5.41, 5.74) is 0. The molecule has 3 heteroatoms. The summed E-state index contributed by atoms with van der Waals surface area (Å²) in [6, 6.07) is 0. The largest absolute Gasteiger partial charge is 0.342 e. The molecule has 0 aromatic carbocycles. The molecule has 13 heavy (non-hydrogen) atoms. The maximum Gasteiger partial charge on any atom is 0.225 e. The molecular weight excluding hydrogens is 186 g/mol. The number of halogens is 1. The van der Waals surface area contributed by atoms with Crippen molar-refractivity contribution < 1.29 is 4.79 Å². The molecule has 1 heterocycles. The van der Waals surface area contributed by atoms with Crippen LogP contribution in [0.2, 0.25) is 0 Å². The maximum absolute atomic E-state index is 11.8. The predicted molar refractivity (Wildman–Crippen MR) is 52.7 cm³/mol. The van der Waals surface area contributed by atoms with Gasteiger partial charge in [-0.15, -0.1) is 11.6 Å². The van der Waals surface area contributed by atoms with E-state index in [0.717, 1.165) is 32.4 Å². The van der Waals surface area contributed by atoms with Gasteiger partial charge >= 0.3 is 0 Å². The van der Waals surface area contributed by atoms with E-state index in [1.165, 1.54) is 0 Å². The molecule has 1 amide bonds. The Kier molecular flexibility index (Phi) is 2.50. The first-order valence-corrected chi connectivity index (χ1v) is 5.55. The lowest BCUT2D eigenvalue weighted by molar-refractivity contribution is -0.133. The van der Waals surface area contributed by atoms with Crippen molar-refractivity contribution >= 4 is 17.5 Å². The average molecular weight is 202 g/mol. The smallest absolute Gasteiger partial charge is 0.225 e. The van der Waals surface area contributed by atoms with E-state index in [2.05, 4.69) is 6.92 Å². The summed E-state index contributed by atoms with van der Waals surface area (Å²) in [4.78, 5) is 13.8. The van der Waals surface area contributed by atoms with Crippen LogP contribution in [0.1, 0.15) is 26.2 Å². The van der Waals surface area contributed by atoms with E-state index in [4.69, 9.17) is 11.6 Å². The highest BCUT2D eigenvalue weighted by molar-refractivity contribution is 6.20. The van der Waals surface area contributed by atoms with E-state index in [0.29, 0.717) is 23.1 Å².